The maximum Gasteiger partial charge on any atom is 0.128 e. The summed E-state index contributed by atoms with van der Waals surface area (Å²) in [5.74, 6) is 5.44. The summed E-state index contributed by atoms with van der Waals surface area (Å²) in [4.78, 5) is 0. The molecule has 0 aliphatic carbocycles. The van der Waals surface area contributed by atoms with Crippen molar-refractivity contribution in [1.29, 1.82) is 0 Å². The largest absolute Gasteiger partial charge is 0.271 e. The lowest BCUT2D eigenvalue weighted by molar-refractivity contribution is 0.555. The molecule has 0 bridgehead atoms. The highest BCUT2D eigenvalue weighted by Gasteiger charge is 2.21. The summed E-state index contributed by atoms with van der Waals surface area (Å²) < 4.78 is 15.3. The quantitative estimate of drug-likeness (QED) is 0.655. The lowest BCUT2D eigenvalue weighted by Crippen LogP contribution is -2.30. The van der Waals surface area contributed by atoms with E-state index in [4.69, 9.17) is 5.84 Å². The Morgan fingerprint density at radius 2 is 1.80 bits per heavy atom. The van der Waals surface area contributed by atoms with Crippen LogP contribution in [0.4, 0.5) is 4.39 Å². The molecule has 2 nitrogen and oxygen atoms in total. The molecule has 0 saturated carbocycles. The molecule has 4 heteroatoms. The van der Waals surface area contributed by atoms with Crippen molar-refractivity contribution in [3.63, 3.8) is 0 Å². The lowest BCUT2D eigenvalue weighted by atomic mass is 9.93. The van der Waals surface area contributed by atoms with Crippen LogP contribution in [-0.4, -0.2) is 0 Å². The Bertz CT molecular complexity index is 617. The standard InChI is InChI=1S/C16H18BrFN2/c1-9-4-5-12(13(17)7-9)16(20-19)15-11(3)6-10(2)8-14(15)18/h4-8,16,20H,19H2,1-3H3. The maximum atomic E-state index is 14.3. The van der Waals surface area contributed by atoms with Gasteiger partial charge in [0.05, 0.1) is 6.04 Å². The predicted molar refractivity (Wildman–Crippen MR) is 83.9 cm³/mol. The second-order valence-corrected chi connectivity index (χ2v) is 5.96. The van der Waals surface area contributed by atoms with Gasteiger partial charge in [0.1, 0.15) is 5.82 Å². The molecule has 20 heavy (non-hydrogen) atoms. The molecule has 0 spiro atoms. The molecule has 0 amide bonds. The highest BCUT2D eigenvalue weighted by molar-refractivity contribution is 9.10. The molecule has 0 saturated heterocycles. The van der Waals surface area contributed by atoms with Gasteiger partial charge in [0.2, 0.25) is 0 Å². The Labute approximate surface area is 127 Å². The van der Waals surface area contributed by atoms with Gasteiger partial charge >= 0.3 is 0 Å². The molecule has 3 N–H and O–H groups in total. The second kappa shape index (κ2) is 6.04. The van der Waals surface area contributed by atoms with Gasteiger partial charge in [0, 0.05) is 10.0 Å². The fourth-order valence-electron chi connectivity index (χ4n) is 2.49. The van der Waals surface area contributed by atoms with Crippen molar-refractivity contribution < 1.29 is 4.39 Å². The van der Waals surface area contributed by atoms with Crippen molar-refractivity contribution in [3.8, 4) is 0 Å². The van der Waals surface area contributed by atoms with Crippen molar-refractivity contribution in [2.75, 3.05) is 0 Å². The van der Waals surface area contributed by atoms with E-state index in [1.54, 1.807) is 0 Å². The Hall–Kier alpha value is -1.23. The van der Waals surface area contributed by atoms with Gasteiger partial charge in [-0.05, 0) is 55.2 Å². The zero-order valence-corrected chi connectivity index (χ0v) is 13.4. The van der Waals surface area contributed by atoms with E-state index in [1.165, 1.54) is 6.07 Å². The number of nitrogens with one attached hydrogen (secondary N) is 1. The highest BCUT2D eigenvalue weighted by Crippen LogP contribution is 2.32. The van der Waals surface area contributed by atoms with Gasteiger partial charge in [0.25, 0.3) is 0 Å². The van der Waals surface area contributed by atoms with Gasteiger partial charge < -0.3 is 0 Å². The van der Waals surface area contributed by atoms with Gasteiger partial charge in [-0.1, -0.05) is 34.1 Å². The number of rotatable bonds is 3. The molecular formula is C16H18BrFN2. The van der Waals surface area contributed by atoms with Crippen molar-refractivity contribution in [2.24, 2.45) is 5.84 Å². The van der Waals surface area contributed by atoms with Crippen molar-refractivity contribution in [2.45, 2.75) is 26.8 Å². The maximum absolute atomic E-state index is 14.3. The van der Waals surface area contributed by atoms with Crippen LogP contribution in [0.2, 0.25) is 0 Å². The van der Waals surface area contributed by atoms with E-state index in [0.717, 1.165) is 26.7 Å². The molecule has 106 valence electrons. The first-order valence-electron chi connectivity index (χ1n) is 6.43. The second-order valence-electron chi connectivity index (χ2n) is 5.10. The fraction of sp³-hybridized carbons (Fsp3) is 0.250. The Morgan fingerprint density at radius 3 is 2.35 bits per heavy atom. The van der Waals surface area contributed by atoms with Crippen molar-refractivity contribution in [3.05, 3.63) is 68.4 Å². The van der Waals surface area contributed by atoms with Crippen LogP contribution >= 0.6 is 15.9 Å². The summed E-state index contributed by atoms with van der Waals surface area (Å²) in [6.45, 7) is 5.79. The van der Waals surface area contributed by atoms with E-state index < -0.39 is 0 Å². The number of benzene rings is 2. The fourth-order valence-corrected chi connectivity index (χ4v) is 3.21. The first kappa shape index (κ1) is 15.2. The molecule has 0 aliphatic rings. The van der Waals surface area contributed by atoms with E-state index in [0.29, 0.717) is 5.56 Å². The third-order valence-electron chi connectivity index (χ3n) is 3.40. The summed E-state index contributed by atoms with van der Waals surface area (Å²) in [5, 5.41) is 0. The average Bonchev–Trinajstić information content (AvgIpc) is 2.34. The van der Waals surface area contributed by atoms with Gasteiger partial charge in [-0.15, -0.1) is 0 Å². The number of hydrogen-bond donors (Lipinski definition) is 2. The number of hydrazine groups is 1. The summed E-state index contributed by atoms with van der Waals surface area (Å²) in [6.07, 6.45) is 0. The number of nitrogens with two attached hydrogens (primary N) is 1. The van der Waals surface area contributed by atoms with Gasteiger partial charge in [-0.2, -0.15) is 0 Å². The van der Waals surface area contributed by atoms with Crippen LogP contribution in [0.15, 0.2) is 34.8 Å². The first-order chi connectivity index (χ1) is 9.43. The van der Waals surface area contributed by atoms with E-state index in [-0.39, 0.29) is 11.9 Å². The van der Waals surface area contributed by atoms with Crippen molar-refractivity contribution >= 4 is 15.9 Å². The summed E-state index contributed by atoms with van der Waals surface area (Å²) in [7, 11) is 0. The van der Waals surface area contributed by atoms with Crippen molar-refractivity contribution in [1.82, 2.24) is 5.43 Å². The number of hydrogen-bond acceptors (Lipinski definition) is 2. The number of aryl methyl sites for hydroxylation is 3. The van der Waals surface area contributed by atoms with E-state index in [1.807, 2.05) is 45.0 Å². The average molecular weight is 337 g/mol. The van der Waals surface area contributed by atoms with Crippen LogP contribution in [0.5, 0.6) is 0 Å². The highest BCUT2D eigenvalue weighted by atomic mass is 79.9. The lowest BCUT2D eigenvalue weighted by Gasteiger charge is -2.21. The van der Waals surface area contributed by atoms with Crippen LogP contribution in [0.3, 0.4) is 0 Å². The molecule has 0 fully saturated rings. The van der Waals surface area contributed by atoms with Gasteiger partial charge in [-0.3, -0.25) is 5.84 Å². The van der Waals surface area contributed by atoms with Crippen LogP contribution < -0.4 is 11.3 Å². The summed E-state index contributed by atoms with van der Waals surface area (Å²) in [5.41, 5.74) is 7.16. The normalized spacial score (nSPS) is 12.5. The topological polar surface area (TPSA) is 38.0 Å². The Kier molecular flexibility index (Phi) is 4.58. The molecule has 0 aromatic heterocycles. The third-order valence-corrected chi connectivity index (χ3v) is 4.09. The Balaban J connectivity index is 2.58. The molecule has 0 aliphatic heterocycles. The van der Waals surface area contributed by atoms with E-state index in [2.05, 4.69) is 21.4 Å². The van der Waals surface area contributed by atoms with Gasteiger partial charge in [0.15, 0.2) is 0 Å². The minimum atomic E-state index is -0.384. The molecule has 1 unspecified atom stereocenters. The molecule has 2 aromatic carbocycles. The molecule has 2 rings (SSSR count). The smallest absolute Gasteiger partial charge is 0.128 e. The molecule has 1 atom stereocenters. The SMILES string of the molecule is Cc1cc(C)c(C(NN)c2ccc(C)cc2Br)c(F)c1. The van der Waals surface area contributed by atoms with Crippen LogP contribution in [0.25, 0.3) is 0 Å². The molecule has 2 aromatic rings. The monoisotopic (exact) mass is 336 g/mol. The predicted octanol–water partition coefficient (Wildman–Crippen LogP) is 4.07. The zero-order valence-electron chi connectivity index (χ0n) is 11.8. The van der Waals surface area contributed by atoms with E-state index in [9.17, 15) is 4.39 Å². The van der Waals surface area contributed by atoms with Crippen LogP contribution in [0, 0.1) is 26.6 Å². The summed E-state index contributed by atoms with van der Waals surface area (Å²) in [6, 6.07) is 9.07. The van der Waals surface area contributed by atoms with Crippen LogP contribution in [0.1, 0.15) is 33.9 Å². The van der Waals surface area contributed by atoms with E-state index >= 15 is 0 Å². The van der Waals surface area contributed by atoms with Crippen LogP contribution in [-0.2, 0) is 0 Å². The molecule has 0 radical (unpaired) electrons. The Morgan fingerprint density at radius 1 is 1.10 bits per heavy atom. The number of halogens is 2. The summed E-state index contributed by atoms with van der Waals surface area (Å²) >= 11 is 3.53. The minimum absolute atomic E-state index is 0.238. The third kappa shape index (κ3) is 2.92. The molecule has 0 heterocycles. The van der Waals surface area contributed by atoms with Gasteiger partial charge in [-0.25, -0.2) is 9.82 Å². The first-order valence-corrected chi connectivity index (χ1v) is 7.22. The minimum Gasteiger partial charge on any atom is -0.271 e. The zero-order chi connectivity index (χ0) is 14.9. The molecular weight excluding hydrogens is 319 g/mol.